The van der Waals surface area contributed by atoms with Crippen molar-refractivity contribution in [1.82, 2.24) is 0 Å². The molecule has 1 heterocycles. The minimum Gasteiger partial charge on any atom is -0.455 e. The SMILES string of the molecule is c1ccc(-c2ccccc2-c2cccc(N(c3ccccc3)c3cccc4ccc5c(oc6cccc(-c7ccccc7)c65)c34)c2)cc1. The highest BCUT2D eigenvalue weighted by Gasteiger charge is 2.21. The number of furan rings is 1. The van der Waals surface area contributed by atoms with E-state index in [2.05, 4.69) is 193 Å². The lowest BCUT2D eigenvalue weighted by Gasteiger charge is -2.27. The first-order chi connectivity index (χ1) is 23.8. The molecular formula is C46H31NO. The van der Waals surface area contributed by atoms with E-state index in [1.807, 2.05) is 0 Å². The van der Waals surface area contributed by atoms with Crippen LogP contribution in [0.4, 0.5) is 17.1 Å². The zero-order valence-electron chi connectivity index (χ0n) is 26.3. The van der Waals surface area contributed by atoms with E-state index in [4.69, 9.17) is 4.42 Å². The molecule has 9 rings (SSSR count). The van der Waals surface area contributed by atoms with Crippen molar-refractivity contribution in [3.8, 4) is 33.4 Å². The number of rotatable bonds is 6. The fourth-order valence-electron chi connectivity index (χ4n) is 7.10. The number of nitrogens with zero attached hydrogens (tertiary/aromatic N) is 1. The van der Waals surface area contributed by atoms with Crippen LogP contribution in [-0.2, 0) is 0 Å². The summed E-state index contributed by atoms with van der Waals surface area (Å²) in [5.74, 6) is 0. The average molecular weight is 614 g/mol. The normalized spacial score (nSPS) is 11.3. The molecule has 0 atom stereocenters. The lowest BCUT2D eigenvalue weighted by Crippen LogP contribution is -2.10. The maximum atomic E-state index is 6.82. The zero-order chi connectivity index (χ0) is 31.9. The fraction of sp³-hybridized carbons (Fsp3) is 0. The third-order valence-corrected chi connectivity index (χ3v) is 9.25. The van der Waals surface area contributed by atoms with Crippen molar-refractivity contribution >= 4 is 49.8 Å². The van der Waals surface area contributed by atoms with E-state index in [1.54, 1.807) is 0 Å². The molecule has 0 fully saturated rings. The van der Waals surface area contributed by atoms with Gasteiger partial charge in [0, 0.05) is 27.5 Å². The summed E-state index contributed by atoms with van der Waals surface area (Å²) in [7, 11) is 0. The molecule has 0 unspecified atom stereocenters. The summed E-state index contributed by atoms with van der Waals surface area (Å²) in [6, 6.07) is 66.7. The van der Waals surface area contributed by atoms with Crippen molar-refractivity contribution in [3.63, 3.8) is 0 Å². The summed E-state index contributed by atoms with van der Waals surface area (Å²) in [5, 5.41) is 4.47. The molecule has 0 bridgehead atoms. The summed E-state index contributed by atoms with van der Waals surface area (Å²) in [4.78, 5) is 2.36. The number of anilines is 3. The van der Waals surface area contributed by atoms with Gasteiger partial charge in [-0.1, -0.05) is 146 Å². The predicted octanol–water partition coefficient (Wildman–Crippen LogP) is 13.2. The van der Waals surface area contributed by atoms with Crippen molar-refractivity contribution in [2.75, 3.05) is 4.90 Å². The predicted molar refractivity (Wildman–Crippen MR) is 202 cm³/mol. The molecule has 0 aliphatic heterocycles. The van der Waals surface area contributed by atoms with Gasteiger partial charge < -0.3 is 9.32 Å². The van der Waals surface area contributed by atoms with Gasteiger partial charge in [-0.25, -0.2) is 0 Å². The van der Waals surface area contributed by atoms with Crippen LogP contribution in [0, 0.1) is 0 Å². The van der Waals surface area contributed by atoms with Crippen LogP contribution in [0.1, 0.15) is 0 Å². The summed E-state index contributed by atoms with van der Waals surface area (Å²) in [6.45, 7) is 0. The Morgan fingerprint density at radius 1 is 0.375 bits per heavy atom. The van der Waals surface area contributed by atoms with Gasteiger partial charge in [0.25, 0.3) is 0 Å². The smallest absolute Gasteiger partial charge is 0.145 e. The summed E-state index contributed by atoms with van der Waals surface area (Å²) < 4.78 is 6.82. The molecule has 9 aromatic rings. The fourth-order valence-corrected chi connectivity index (χ4v) is 7.10. The molecule has 2 nitrogen and oxygen atoms in total. The molecule has 0 spiro atoms. The standard InChI is InChI=1S/C46H31NO/c1-4-15-32(16-5-1)38-24-10-11-25-39(38)35-20-12-23-37(31-35)47(36-21-8-3-9-22-36)42-27-13-19-34-29-30-41-45-40(33-17-6-2-7-18-33)26-14-28-43(45)48-46(41)44(34)42/h1-31H. The maximum absolute atomic E-state index is 6.82. The Bertz CT molecular complexity index is 2550. The highest BCUT2D eigenvalue weighted by atomic mass is 16.3. The molecule has 0 N–H and O–H groups in total. The van der Waals surface area contributed by atoms with Gasteiger partial charge in [0.15, 0.2) is 0 Å². The average Bonchev–Trinajstić information content (AvgIpc) is 3.56. The first kappa shape index (κ1) is 27.9. The van der Waals surface area contributed by atoms with E-state index in [0.717, 1.165) is 55.3 Å². The molecule has 48 heavy (non-hydrogen) atoms. The molecule has 0 saturated heterocycles. The van der Waals surface area contributed by atoms with Gasteiger partial charge in [-0.3, -0.25) is 0 Å². The van der Waals surface area contributed by atoms with E-state index in [1.165, 1.54) is 27.8 Å². The van der Waals surface area contributed by atoms with Crippen LogP contribution in [0.15, 0.2) is 192 Å². The summed E-state index contributed by atoms with van der Waals surface area (Å²) in [5.41, 5.74) is 12.1. The van der Waals surface area contributed by atoms with Gasteiger partial charge in [-0.2, -0.15) is 0 Å². The number of fused-ring (bicyclic) bond motifs is 5. The van der Waals surface area contributed by atoms with Crippen LogP contribution < -0.4 is 4.90 Å². The monoisotopic (exact) mass is 613 g/mol. The summed E-state index contributed by atoms with van der Waals surface area (Å²) in [6.07, 6.45) is 0. The third kappa shape index (κ3) is 4.74. The largest absolute Gasteiger partial charge is 0.455 e. The van der Waals surface area contributed by atoms with E-state index in [0.29, 0.717) is 0 Å². The molecule has 226 valence electrons. The van der Waals surface area contributed by atoms with Crippen LogP contribution in [-0.4, -0.2) is 0 Å². The van der Waals surface area contributed by atoms with Crippen molar-refractivity contribution in [2.24, 2.45) is 0 Å². The Kier molecular flexibility index (Phi) is 6.84. The lowest BCUT2D eigenvalue weighted by atomic mass is 9.94. The molecule has 0 aliphatic carbocycles. The Morgan fingerprint density at radius 2 is 0.938 bits per heavy atom. The molecule has 8 aromatic carbocycles. The topological polar surface area (TPSA) is 16.4 Å². The Labute approximate surface area is 279 Å². The molecule has 0 saturated carbocycles. The van der Waals surface area contributed by atoms with E-state index >= 15 is 0 Å². The van der Waals surface area contributed by atoms with Crippen molar-refractivity contribution in [2.45, 2.75) is 0 Å². The highest BCUT2D eigenvalue weighted by molar-refractivity contribution is 6.22. The number of benzene rings is 8. The van der Waals surface area contributed by atoms with Gasteiger partial charge in [0.05, 0.1) is 5.69 Å². The van der Waals surface area contributed by atoms with Crippen LogP contribution in [0.2, 0.25) is 0 Å². The molecule has 2 heteroatoms. The second-order valence-corrected chi connectivity index (χ2v) is 12.1. The molecule has 0 radical (unpaired) electrons. The molecule has 0 aliphatic rings. The Morgan fingerprint density at radius 3 is 1.69 bits per heavy atom. The van der Waals surface area contributed by atoms with E-state index in [9.17, 15) is 0 Å². The minimum absolute atomic E-state index is 0.888. The number of hydrogen-bond donors (Lipinski definition) is 0. The van der Waals surface area contributed by atoms with Crippen molar-refractivity contribution in [1.29, 1.82) is 0 Å². The Hall–Kier alpha value is -6.38. The number of hydrogen-bond acceptors (Lipinski definition) is 2. The maximum Gasteiger partial charge on any atom is 0.145 e. The van der Waals surface area contributed by atoms with Crippen LogP contribution in [0.25, 0.3) is 66.1 Å². The minimum atomic E-state index is 0.888. The molecular weight excluding hydrogens is 583 g/mol. The lowest BCUT2D eigenvalue weighted by molar-refractivity contribution is 0.673. The van der Waals surface area contributed by atoms with Crippen molar-refractivity contribution in [3.05, 3.63) is 188 Å². The molecule has 1 aromatic heterocycles. The van der Waals surface area contributed by atoms with Gasteiger partial charge in [0.1, 0.15) is 11.2 Å². The first-order valence-electron chi connectivity index (χ1n) is 16.4. The second kappa shape index (κ2) is 11.8. The Balaban J connectivity index is 1.29. The first-order valence-corrected chi connectivity index (χ1v) is 16.4. The van der Waals surface area contributed by atoms with E-state index in [-0.39, 0.29) is 0 Å². The van der Waals surface area contributed by atoms with Gasteiger partial charge in [0.2, 0.25) is 0 Å². The summed E-state index contributed by atoms with van der Waals surface area (Å²) >= 11 is 0. The van der Waals surface area contributed by atoms with Crippen LogP contribution in [0.3, 0.4) is 0 Å². The van der Waals surface area contributed by atoms with Crippen molar-refractivity contribution < 1.29 is 4.42 Å². The third-order valence-electron chi connectivity index (χ3n) is 9.25. The van der Waals surface area contributed by atoms with Gasteiger partial charge in [-0.05, 0) is 81.2 Å². The highest BCUT2D eigenvalue weighted by Crippen LogP contribution is 2.46. The number of para-hydroxylation sites is 1. The second-order valence-electron chi connectivity index (χ2n) is 12.1. The molecule has 0 amide bonds. The zero-order valence-corrected chi connectivity index (χ0v) is 26.3. The van der Waals surface area contributed by atoms with Crippen LogP contribution >= 0.6 is 0 Å². The quantitative estimate of drug-likeness (QED) is 0.185. The van der Waals surface area contributed by atoms with Crippen LogP contribution in [0.5, 0.6) is 0 Å². The van der Waals surface area contributed by atoms with Gasteiger partial charge >= 0.3 is 0 Å². The van der Waals surface area contributed by atoms with Gasteiger partial charge in [-0.15, -0.1) is 0 Å². The van der Waals surface area contributed by atoms with E-state index < -0.39 is 0 Å².